The van der Waals surface area contributed by atoms with E-state index in [0.29, 0.717) is 31.1 Å². The molecule has 0 saturated heterocycles. The molecule has 0 aliphatic heterocycles. The van der Waals surface area contributed by atoms with Gasteiger partial charge in [-0.15, -0.1) is 0 Å². The molecule has 0 radical (unpaired) electrons. The van der Waals surface area contributed by atoms with Crippen LogP contribution in [0, 0.1) is 5.92 Å². The van der Waals surface area contributed by atoms with Gasteiger partial charge < -0.3 is 47.5 Å². The maximum Gasteiger partial charge on any atom is 0.249 e. The lowest BCUT2D eigenvalue weighted by Gasteiger charge is -2.26. The van der Waals surface area contributed by atoms with Crippen molar-refractivity contribution in [1.82, 2.24) is 16.0 Å². The molecule has 0 aromatic heterocycles. The number of hydrogen-bond acceptors (Lipinski definition) is 8. The molecule has 2 rings (SSSR count). The molecule has 4 atom stereocenters. The number of hydrogen-bond donors (Lipinski definition) is 8. The monoisotopic (exact) mass is 612 g/mol. The first-order valence-corrected chi connectivity index (χ1v) is 14.5. The molecular formula is C31H44N6O7. The minimum Gasteiger partial charge on any atom is -0.508 e. The van der Waals surface area contributed by atoms with Crippen LogP contribution in [-0.4, -0.2) is 76.1 Å². The fraction of sp³-hybridized carbons (Fsp3) is 0.452. The summed E-state index contributed by atoms with van der Waals surface area (Å²) in [6.45, 7) is 4.04. The largest absolute Gasteiger partial charge is 0.508 e. The van der Waals surface area contributed by atoms with E-state index in [0.717, 1.165) is 5.56 Å². The summed E-state index contributed by atoms with van der Waals surface area (Å²) in [6, 6.07) is 9.48. The topological polar surface area (TPSA) is 229 Å². The summed E-state index contributed by atoms with van der Waals surface area (Å²) < 4.78 is 0. The quantitative estimate of drug-likeness (QED) is 0.0503. The van der Waals surface area contributed by atoms with Crippen molar-refractivity contribution in [2.75, 3.05) is 6.54 Å². The van der Waals surface area contributed by atoms with Gasteiger partial charge in [-0.2, -0.15) is 0 Å². The van der Waals surface area contributed by atoms with Crippen LogP contribution in [0.25, 0.3) is 0 Å². The van der Waals surface area contributed by atoms with Crippen molar-refractivity contribution in [3.05, 3.63) is 59.7 Å². The zero-order valence-electron chi connectivity index (χ0n) is 25.1. The molecule has 3 amide bonds. The number of carbonyl (C=O) groups excluding carboxylic acids is 4. The van der Waals surface area contributed by atoms with Gasteiger partial charge in [-0.05, 0) is 73.4 Å². The molecule has 0 aliphatic carbocycles. The van der Waals surface area contributed by atoms with Gasteiger partial charge in [-0.1, -0.05) is 38.1 Å². The standard InChI is InChI=1S/C31H44N6O7/c1-19(2)16-26(29(43)35-22(18-38)4-3-15-34-31(32)33)37-28(42)25(14-9-20-5-10-23(39)11-6-20)36-30(44)27(41)17-21-7-12-24(40)13-8-21/h5-8,10-13,18-19,22,25-27,39-41H,3-4,9,14-17H2,1-2H3,(H,35,43)(H,36,44)(H,37,42)(H4,32,33,34)/t22?,25-,26+,27?/m1/s1. The Labute approximate surface area is 257 Å². The molecule has 240 valence electrons. The summed E-state index contributed by atoms with van der Waals surface area (Å²) in [6.07, 6.45) is 0.553. The van der Waals surface area contributed by atoms with E-state index in [1.165, 1.54) is 24.3 Å². The second-order valence-corrected chi connectivity index (χ2v) is 11.0. The number of phenolic OH excluding ortho intramolecular Hbond substituents is 2. The van der Waals surface area contributed by atoms with Gasteiger partial charge >= 0.3 is 0 Å². The van der Waals surface area contributed by atoms with Crippen molar-refractivity contribution >= 4 is 30.0 Å². The number of aldehydes is 1. The predicted octanol–water partition coefficient (Wildman–Crippen LogP) is 0.387. The van der Waals surface area contributed by atoms with E-state index in [1.54, 1.807) is 24.3 Å². The highest BCUT2D eigenvalue weighted by Crippen LogP contribution is 2.14. The Hall–Kier alpha value is -4.65. The number of nitrogens with zero attached hydrogens (tertiary/aromatic N) is 1. The summed E-state index contributed by atoms with van der Waals surface area (Å²) >= 11 is 0. The third kappa shape index (κ3) is 13.1. The molecule has 2 aromatic rings. The van der Waals surface area contributed by atoms with Crippen molar-refractivity contribution in [3.8, 4) is 11.5 Å². The van der Waals surface area contributed by atoms with E-state index in [9.17, 15) is 34.5 Å². The van der Waals surface area contributed by atoms with Crippen LogP contribution in [-0.2, 0) is 32.0 Å². The summed E-state index contributed by atoms with van der Waals surface area (Å²) in [5.74, 6) is -1.91. The summed E-state index contributed by atoms with van der Waals surface area (Å²) in [4.78, 5) is 55.2. The molecule has 0 fully saturated rings. The molecular weight excluding hydrogens is 568 g/mol. The highest BCUT2D eigenvalue weighted by Gasteiger charge is 2.30. The number of nitrogens with two attached hydrogens (primary N) is 2. The van der Waals surface area contributed by atoms with E-state index in [2.05, 4.69) is 20.9 Å². The van der Waals surface area contributed by atoms with Crippen molar-refractivity contribution in [2.45, 2.75) is 76.6 Å². The van der Waals surface area contributed by atoms with E-state index in [-0.39, 0.29) is 49.2 Å². The highest BCUT2D eigenvalue weighted by molar-refractivity contribution is 5.93. The van der Waals surface area contributed by atoms with Crippen molar-refractivity contribution in [3.63, 3.8) is 0 Å². The van der Waals surface area contributed by atoms with E-state index >= 15 is 0 Å². The number of aromatic hydroxyl groups is 2. The fourth-order valence-corrected chi connectivity index (χ4v) is 4.41. The van der Waals surface area contributed by atoms with Crippen molar-refractivity contribution < 1.29 is 34.5 Å². The van der Waals surface area contributed by atoms with Crippen molar-refractivity contribution in [2.24, 2.45) is 22.4 Å². The summed E-state index contributed by atoms with van der Waals surface area (Å²) in [7, 11) is 0. The van der Waals surface area contributed by atoms with E-state index in [4.69, 9.17) is 11.5 Å². The number of aliphatic imine (C=N–C) groups is 1. The first kappa shape index (κ1) is 35.5. The fourth-order valence-electron chi connectivity index (χ4n) is 4.41. The Morgan fingerprint density at radius 3 is 1.91 bits per heavy atom. The van der Waals surface area contributed by atoms with Gasteiger partial charge in [-0.25, -0.2) is 0 Å². The van der Waals surface area contributed by atoms with Gasteiger partial charge in [0.2, 0.25) is 17.7 Å². The van der Waals surface area contributed by atoms with Gasteiger partial charge in [0, 0.05) is 13.0 Å². The highest BCUT2D eigenvalue weighted by atomic mass is 16.3. The lowest BCUT2D eigenvalue weighted by Crippen LogP contribution is -2.56. The van der Waals surface area contributed by atoms with Crippen molar-refractivity contribution in [1.29, 1.82) is 0 Å². The van der Waals surface area contributed by atoms with Gasteiger partial charge in [-0.3, -0.25) is 19.4 Å². The molecule has 0 bridgehead atoms. The number of aliphatic hydroxyl groups is 1. The molecule has 0 spiro atoms. The van der Waals surface area contributed by atoms with Crippen LogP contribution in [0.15, 0.2) is 53.5 Å². The molecule has 44 heavy (non-hydrogen) atoms. The molecule has 0 saturated carbocycles. The number of rotatable bonds is 18. The minimum atomic E-state index is -1.48. The third-order valence-electron chi connectivity index (χ3n) is 6.76. The lowest BCUT2D eigenvalue weighted by atomic mass is 10.00. The maximum absolute atomic E-state index is 13.5. The Morgan fingerprint density at radius 2 is 1.36 bits per heavy atom. The third-order valence-corrected chi connectivity index (χ3v) is 6.76. The molecule has 2 unspecified atom stereocenters. The van der Waals surface area contributed by atoms with Crippen LogP contribution in [0.4, 0.5) is 0 Å². The molecule has 13 heteroatoms. The Bertz CT molecular complexity index is 1250. The predicted molar refractivity (Wildman–Crippen MR) is 165 cm³/mol. The number of guanidine groups is 1. The molecule has 13 nitrogen and oxygen atoms in total. The Morgan fingerprint density at radius 1 is 0.818 bits per heavy atom. The van der Waals surface area contributed by atoms with Gasteiger partial charge in [0.05, 0.1) is 6.04 Å². The average Bonchev–Trinajstić information content (AvgIpc) is 2.97. The number of benzene rings is 2. The molecule has 10 N–H and O–H groups in total. The lowest BCUT2D eigenvalue weighted by molar-refractivity contribution is -0.135. The molecule has 0 heterocycles. The summed E-state index contributed by atoms with van der Waals surface area (Å²) in [5.41, 5.74) is 12.0. The van der Waals surface area contributed by atoms with Gasteiger partial charge in [0.25, 0.3) is 0 Å². The van der Waals surface area contributed by atoms with E-state index in [1.807, 2.05) is 13.8 Å². The Balaban J connectivity index is 2.16. The maximum atomic E-state index is 13.5. The normalized spacial score (nSPS) is 13.6. The second-order valence-electron chi connectivity index (χ2n) is 11.0. The number of aliphatic hydroxyl groups excluding tert-OH is 1. The number of aryl methyl sites for hydroxylation is 1. The van der Waals surface area contributed by atoms with Gasteiger partial charge in [0.15, 0.2) is 5.96 Å². The van der Waals surface area contributed by atoms with Gasteiger partial charge in [0.1, 0.15) is 36.0 Å². The second kappa shape index (κ2) is 18.1. The Kier molecular flexibility index (Phi) is 14.6. The number of amides is 3. The first-order chi connectivity index (χ1) is 20.9. The van der Waals surface area contributed by atoms with Crippen LogP contribution in [0.5, 0.6) is 11.5 Å². The molecule has 0 aliphatic rings. The van der Waals surface area contributed by atoms with E-state index < -0.39 is 42.0 Å². The smallest absolute Gasteiger partial charge is 0.249 e. The van der Waals surface area contributed by atoms with Crippen LogP contribution in [0.1, 0.15) is 50.7 Å². The number of phenols is 2. The summed E-state index contributed by atoms with van der Waals surface area (Å²) in [5, 5.41) is 37.6. The van der Waals surface area contributed by atoms with Crippen LogP contribution in [0.2, 0.25) is 0 Å². The first-order valence-electron chi connectivity index (χ1n) is 14.5. The molecule has 2 aromatic carbocycles. The van der Waals surface area contributed by atoms with Crippen LogP contribution < -0.4 is 27.4 Å². The van der Waals surface area contributed by atoms with Crippen LogP contribution >= 0.6 is 0 Å². The average molecular weight is 613 g/mol. The van der Waals surface area contributed by atoms with Crippen LogP contribution in [0.3, 0.4) is 0 Å². The number of carbonyl (C=O) groups is 4. The zero-order valence-corrected chi connectivity index (χ0v) is 25.1. The SMILES string of the molecule is CC(C)C[C@H](NC(=O)[C@@H](CCc1ccc(O)cc1)NC(=O)C(O)Cc1ccc(O)cc1)C(=O)NC(C=O)CCCN=C(N)N. The zero-order chi connectivity index (χ0) is 32.6. The minimum absolute atomic E-state index is 0.000216. The number of nitrogens with one attached hydrogen (secondary N) is 3.